The van der Waals surface area contributed by atoms with Crippen LogP contribution in [0.5, 0.6) is 0 Å². The van der Waals surface area contributed by atoms with Gasteiger partial charge in [-0.2, -0.15) is 0 Å². The maximum atomic E-state index is 7.17. The van der Waals surface area contributed by atoms with Gasteiger partial charge in [0.15, 0.2) is 0 Å². The number of hydrogen-bond donors (Lipinski definition) is 3. The van der Waals surface area contributed by atoms with Crippen molar-refractivity contribution in [3.8, 4) is 0 Å². The summed E-state index contributed by atoms with van der Waals surface area (Å²) in [6, 6.07) is 48.3. The third-order valence-corrected chi connectivity index (χ3v) is 5.07. The number of rotatable bonds is 4. The molecular weight excluding hydrogens is 445 g/mol. The topological polar surface area (TPSA) is 73.6 Å². The molecule has 0 saturated carbocycles. The molecular formula is C31H28BNO3. The van der Waals surface area contributed by atoms with Crippen LogP contribution in [0.4, 0.5) is 0 Å². The van der Waals surface area contributed by atoms with Gasteiger partial charge in [-0.15, -0.1) is 0 Å². The minimum atomic E-state index is -2.17. The summed E-state index contributed by atoms with van der Waals surface area (Å²) in [4.78, 5) is 3.78. The lowest BCUT2D eigenvalue weighted by molar-refractivity contribution is 0.278. The Morgan fingerprint density at radius 3 is 0.778 bits per heavy atom. The Kier molecular flexibility index (Phi) is 10.9. The summed E-state index contributed by atoms with van der Waals surface area (Å²) < 4.78 is 0. The zero-order valence-electron chi connectivity index (χ0n) is 19.8. The minimum Gasteiger partial charge on any atom is -0.402 e. The minimum absolute atomic E-state index is 1.22. The van der Waals surface area contributed by atoms with Crippen LogP contribution in [0, 0.1) is 0 Å². The van der Waals surface area contributed by atoms with Gasteiger partial charge >= 0.3 is 7.32 Å². The maximum absolute atomic E-state index is 7.17. The highest BCUT2D eigenvalue weighted by atomic mass is 16.5. The van der Waals surface area contributed by atoms with Gasteiger partial charge in [-0.1, -0.05) is 127 Å². The highest BCUT2D eigenvalue weighted by Crippen LogP contribution is 2.36. The molecule has 0 atom stereocenters. The summed E-state index contributed by atoms with van der Waals surface area (Å²) in [5, 5.41) is 21.5. The van der Waals surface area contributed by atoms with Crippen LogP contribution < -0.4 is 0 Å². The van der Waals surface area contributed by atoms with E-state index in [1.165, 1.54) is 33.4 Å². The van der Waals surface area contributed by atoms with Crippen molar-refractivity contribution >= 4 is 18.5 Å². The van der Waals surface area contributed by atoms with E-state index in [1.54, 1.807) is 12.4 Å². The van der Waals surface area contributed by atoms with Crippen LogP contribution in [0.3, 0.4) is 0 Å². The van der Waals surface area contributed by atoms with Gasteiger partial charge in [-0.05, 0) is 45.5 Å². The van der Waals surface area contributed by atoms with Gasteiger partial charge in [-0.3, -0.25) is 4.98 Å². The third-order valence-electron chi connectivity index (χ3n) is 5.07. The fourth-order valence-corrected chi connectivity index (χ4v) is 3.64. The second-order valence-corrected chi connectivity index (χ2v) is 7.59. The van der Waals surface area contributed by atoms with Crippen LogP contribution in [0.25, 0.3) is 11.1 Å². The highest BCUT2D eigenvalue weighted by Gasteiger charge is 2.15. The lowest BCUT2D eigenvalue weighted by Crippen LogP contribution is -2.07. The molecule has 0 aliphatic heterocycles. The fourth-order valence-electron chi connectivity index (χ4n) is 3.64. The number of pyridine rings is 1. The number of nitrogens with zero attached hydrogens (tertiary/aromatic N) is 1. The molecule has 4 aromatic carbocycles. The Morgan fingerprint density at radius 2 is 0.611 bits per heavy atom. The van der Waals surface area contributed by atoms with E-state index in [4.69, 9.17) is 15.1 Å². The van der Waals surface area contributed by atoms with Gasteiger partial charge in [0.2, 0.25) is 0 Å². The second-order valence-electron chi connectivity index (χ2n) is 7.59. The molecule has 5 rings (SSSR count). The molecule has 36 heavy (non-hydrogen) atoms. The van der Waals surface area contributed by atoms with Crippen molar-refractivity contribution in [3.63, 3.8) is 0 Å². The summed E-state index contributed by atoms with van der Waals surface area (Å²) >= 11 is 0. The number of aromatic nitrogens is 1. The van der Waals surface area contributed by atoms with Gasteiger partial charge in [-0.25, -0.2) is 0 Å². The van der Waals surface area contributed by atoms with E-state index in [0.717, 1.165) is 0 Å². The zero-order chi connectivity index (χ0) is 25.4. The van der Waals surface area contributed by atoms with Crippen molar-refractivity contribution in [2.45, 2.75) is 0 Å². The average molecular weight is 473 g/mol. The van der Waals surface area contributed by atoms with Gasteiger partial charge in [0.25, 0.3) is 0 Å². The van der Waals surface area contributed by atoms with Crippen LogP contribution in [-0.2, 0) is 0 Å². The molecule has 0 unspecified atom stereocenters. The predicted molar refractivity (Wildman–Crippen MR) is 147 cm³/mol. The van der Waals surface area contributed by atoms with E-state index in [-0.39, 0.29) is 0 Å². The van der Waals surface area contributed by atoms with Crippen LogP contribution in [-0.4, -0.2) is 27.4 Å². The molecule has 0 fully saturated rings. The largest absolute Gasteiger partial charge is 0.631 e. The molecule has 178 valence electrons. The van der Waals surface area contributed by atoms with Crippen molar-refractivity contribution in [1.82, 2.24) is 4.98 Å². The molecule has 0 radical (unpaired) electrons. The monoisotopic (exact) mass is 473 g/mol. The fraction of sp³-hybridized carbons (Fsp3) is 0. The summed E-state index contributed by atoms with van der Waals surface area (Å²) in [7, 11) is -2.17. The van der Waals surface area contributed by atoms with Crippen molar-refractivity contribution in [2.24, 2.45) is 0 Å². The molecule has 0 bridgehead atoms. The molecule has 5 heteroatoms. The van der Waals surface area contributed by atoms with E-state index in [1.807, 2.05) is 18.2 Å². The first-order chi connectivity index (χ1) is 17.7. The Balaban J connectivity index is 0.000000303. The van der Waals surface area contributed by atoms with Gasteiger partial charge in [0, 0.05) is 12.4 Å². The lowest BCUT2D eigenvalue weighted by Gasteiger charge is -2.18. The normalized spacial score (nSPS) is 9.53. The summed E-state index contributed by atoms with van der Waals surface area (Å²) in [5.74, 6) is 0. The quantitative estimate of drug-likeness (QED) is 0.231. The van der Waals surface area contributed by atoms with Crippen molar-refractivity contribution in [1.29, 1.82) is 0 Å². The molecule has 1 heterocycles. The Morgan fingerprint density at radius 1 is 0.389 bits per heavy atom. The van der Waals surface area contributed by atoms with Gasteiger partial charge in [0.1, 0.15) is 0 Å². The SMILES string of the molecule is OB(O)O.c1ccc(C(=C(c2ccccc2)c2ccccc2)c2ccccc2)cc1.c1ccncc1. The smallest absolute Gasteiger partial charge is 0.402 e. The van der Waals surface area contributed by atoms with Crippen LogP contribution in [0.1, 0.15) is 22.3 Å². The summed E-state index contributed by atoms with van der Waals surface area (Å²) in [6.45, 7) is 0. The Bertz CT molecular complexity index is 1090. The lowest BCUT2D eigenvalue weighted by atomic mass is 9.86. The van der Waals surface area contributed by atoms with E-state index in [9.17, 15) is 0 Å². The van der Waals surface area contributed by atoms with E-state index in [0.29, 0.717) is 0 Å². The molecule has 5 aromatic rings. The van der Waals surface area contributed by atoms with Crippen molar-refractivity contribution < 1.29 is 15.1 Å². The molecule has 1 aromatic heterocycles. The van der Waals surface area contributed by atoms with E-state index in [2.05, 4.69) is 126 Å². The Hall–Kier alpha value is -4.29. The Labute approximate surface area is 212 Å². The molecule has 0 aliphatic carbocycles. The first kappa shape index (κ1) is 26.3. The second kappa shape index (κ2) is 14.9. The number of benzene rings is 4. The van der Waals surface area contributed by atoms with Gasteiger partial charge in [0.05, 0.1) is 0 Å². The first-order valence-electron chi connectivity index (χ1n) is 11.5. The molecule has 0 saturated heterocycles. The molecule has 3 N–H and O–H groups in total. The van der Waals surface area contributed by atoms with Crippen LogP contribution in [0.15, 0.2) is 152 Å². The summed E-state index contributed by atoms with van der Waals surface area (Å²) in [6.07, 6.45) is 3.50. The summed E-state index contributed by atoms with van der Waals surface area (Å²) in [5.41, 5.74) is 7.40. The predicted octanol–water partition coefficient (Wildman–Crippen LogP) is 5.72. The molecule has 0 spiro atoms. The zero-order valence-corrected chi connectivity index (χ0v) is 19.8. The van der Waals surface area contributed by atoms with Crippen molar-refractivity contribution in [2.75, 3.05) is 0 Å². The standard InChI is InChI=1S/C26H20.C5H5N.BH3O3/c1-5-13-21(14-6-1)25(22-15-7-2-8-16-22)26(23-17-9-3-10-18-23)24-19-11-4-12-20-24;1-2-4-6-5-3-1;2-1(3)4/h1-20H;1-5H;2-4H. The first-order valence-corrected chi connectivity index (χ1v) is 11.5. The third kappa shape index (κ3) is 8.49. The van der Waals surface area contributed by atoms with Crippen molar-refractivity contribution in [3.05, 3.63) is 174 Å². The van der Waals surface area contributed by atoms with E-state index < -0.39 is 7.32 Å². The highest BCUT2D eigenvalue weighted by molar-refractivity contribution is 6.30. The maximum Gasteiger partial charge on any atom is 0.631 e. The molecule has 0 aliphatic rings. The van der Waals surface area contributed by atoms with Crippen LogP contribution >= 0.6 is 0 Å². The average Bonchev–Trinajstić information content (AvgIpc) is 2.94. The van der Waals surface area contributed by atoms with Crippen LogP contribution in [0.2, 0.25) is 0 Å². The molecule has 4 nitrogen and oxygen atoms in total. The molecule has 0 amide bonds. The number of hydrogen-bond acceptors (Lipinski definition) is 4. The van der Waals surface area contributed by atoms with Gasteiger partial charge < -0.3 is 15.1 Å². The van der Waals surface area contributed by atoms with E-state index >= 15 is 0 Å².